The third-order valence-corrected chi connectivity index (χ3v) is 5.55. The normalized spacial score (nSPS) is 12.8. The lowest BCUT2D eigenvalue weighted by Gasteiger charge is -2.22. The van der Waals surface area contributed by atoms with Crippen LogP contribution in [0.5, 0.6) is 0 Å². The van der Waals surface area contributed by atoms with Crippen LogP contribution in [-0.2, 0) is 19.1 Å². The molecule has 2 atom stereocenters. The summed E-state index contributed by atoms with van der Waals surface area (Å²) in [7, 11) is -1.73. The molecule has 0 fully saturated rings. The number of hydrogen-bond acceptors (Lipinski definition) is 7. The lowest BCUT2D eigenvalue weighted by atomic mass is 9.75. The fraction of sp³-hybridized carbons (Fsp3) is 0.481. The first kappa shape index (κ1) is 31.6. The van der Waals surface area contributed by atoms with Crippen molar-refractivity contribution in [2.75, 3.05) is 11.9 Å². The zero-order valence-corrected chi connectivity index (χ0v) is 23.1. The van der Waals surface area contributed by atoms with E-state index in [1.54, 1.807) is 32.9 Å². The summed E-state index contributed by atoms with van der Waals surface area (Å²) < 4.78 is 5.11. The van der Waals surface area contributed by atoms with E-state index in [-0.39, 0.29) is 18.8 Å². The lowest BCUT2D eigenvalue weighted by molar-refractivity contribution is -0.127. The first-order chi connectivity index (χ1) is 18.2. The van der Waals surface area contributed by atoms with Crippen molar-refractivity contribution in [1.82, 2.24) is 16.0 Å². The zero-order valence-electron chi connectivity index (χ0n) is 23.1. The number of fused-ring (bicyclic) bond motifs is 1. The van der Waals surface area contributed by atoms with E-state index in [9.17, 15) is 29.2 Å². The Balaban J connectivity index is 2.08. The molecule has 0 bridgehead atoms. The van der Waals surface area contributed by atoms with Crippen LogP contribution in [0, 0.1) is 5.92 Å². The summed E-state index contributed by atoms with van der Waals surface area (Å²) in [5, 5.41) is 31.3. The molecule has 0 aliphatic heterocycles. The smallest absolute Gasteiger partial charge is 0.444 e. The highest BCUT2D eigenvalue weighted by atomic mass is 16.6. The number of anilines is 1. The van der Waals surface area contributed by atoms with Gasteiger partial charge in [-0.15, -0.1) is 0 Å². The van der Waals surface area contributed by atoms with Crippen LogP contribution >= 0.6 is 0 Å². The third kappa shape index (κ3) is 11.7. The lowest BCUT2D eigenvalue weighted by Crippen LogP contribution is -2.49. The van der Waals surface area contributed by atoms with Crippen LogP contribution in [0.2, 0.25) is 0 Å². The quantitative estimate of drug-likeness (QED) is 0.224. The van der Waals surface area contributed by atoms with Gasteiger partial charge >= 0.3 is 13.2 Å². The van der Waals surface area contributed by atoms with Crippen LogP contribution in [0.15, 0.2) is 42.5 Å². The minimum absolute atomic E-state index is 0.0701. The van der Waals surface area contributed by atoms with Crippen molar-refractivity contribution >= 4 is 47.4 Å². The molecular formula is C27H39BN4O7. The number of amides is 4. The Bertz CT molecular complexity index is 1150. The molecule has 12 heteroatoms. The van der Waals surface area contributed by atoms with Crippen molar-refractivity contribution < 1.29 is 34.0 Å². The molecule has 0 saturated carbocycles. The molecule has 212 valence electrons. The minimum atomic E-state index is -1.73. The SMILES string of the molecule is CC(C)C[C@H](NC(=O)CC[C@H](NC(=O)CNC(=O)OC(C)(C)C)C(=O)Nc1ccc2ccccc2c1)B(O)O. The summed E-state index contributed by atoms with van der Waals surface area (Å²) in [6, 6.07) is 11.9. The molecular weight excluding hydrogens is 503 g/mol. The van der Waals surface area contributed by atoms with Gasteiger partial charge in [-0.3, -0.25) is 14.4 Å². The number of nitrogens with one attached hydrogen (secondary N) is 4. The Hall–Kier alpha value is -3.64. The molecule has 0 aliphatic carbocycles. The van der Waals surface area contributed by atoms with Crippen molar-refractivity contribution in [1.29, 1.82) is 0 Å². The molecule has 0 heterocycles. The largest absolute Gasteiger partial charge is 0.475 e. The second-order valence-electron chi connectivity index (χ2n) is 10.8. The van der Waals surface area contributed by atoms with Crippen LogP contribution in [0.25, 0.3) is 10.8 Å². The highest BCUT2D eigenvalue weighted by Crippen LogP contribution is 2.19. The second-order valence-corrected chi connectivity index (χ2v) is 10.8. The average molecular weight is 542 g/mol. The van der Waals surface area contributed by atoms with E-state index in [1.807, 2.05) is 44.2 Å². The minimum Gasteiger partial charge on any atom is -0.444 e. The molecule has 0 radical (unpaired) electrons. The highest BCUT2D eigenvalue weighted by molar-refractivity contribution is 6.43. The van der Waals surface area contributed by atoms with E-state index in [4.69, 9.17) is 4.74 Å². The number of ether oxygens (including phenoxy) is 1. The first-order valence-corrected chi connectivity index (χ1v) is 12.9. The second kappa shape index (κ2) is 14.5. The van der Waals surface area contributed by atoms with E-state index >= 15 is 0 Å². The monoisotopic (exact) mass is 542 g/mol. The molecule has 0 aliphatic rings. The van der Waals surface area contributed by atoms with Gasteiger partial charge in [0.1, 0.15) is 18.2 Å². The van der Waals surface area contributed by atoms with Gasteiger partial charge in [0.2, 0.25) is 17.7 Å². The maximum Gasteiger partial charge on any atom is 0.475 e. The number of benzene rings is 2. The summed E-state index contributed by atoms with van der Waals surface area (Å²) in [6.07, 6.45) is -0.675. The van der Waals surface area contributed by atoms with Crippen LogP contribution in [0.1, 0.15) is 53.9 Å². The van der Waals surface area contributed by atoms with Gasteiger partial charge in [0.25, 0.3) is 0 Å². The maximum atomic E-state index is 13.1. The summed E-state index contributed by atoms with van der Waals surface area (Å²) in [6.45, 7) is 8.39. The predicted molar refractivity (Wildman–Crippen MR) is 150 cm³/mol. The Morgan fingerprint density at radius 2 is 1.62 bits per heavy atom. The Kier molecular flexibility index (Phi) is 11.7. The van der Waals surface area contributed by atoms with Gasteiger partial charge in [-0.1, -0.05) is 44.2 Å². The molecule has 0 spiro atoms. The van der Waals surface area contributed by atoms with E-state index in [0.29, 0.717) is 12.1 Å². The number of carbonyl (C=O) groups excluding carboxylic acids is 4. The first-order valence-electron chi connectivity index (χ1n) is 12.9. The van der Waals surface area contributed by atoms with Crippen molar-refractivity contribution in [3.8, 4) is 0 Å². The van der Waals surface area contributed by atoms with Gasteiger partial charge in [-0.25, -0.2) is 4.79 Å². The summed E-state index contributed by atoms with van der Waals surface area (Å²) in [5.74, 6) is -2.46. The zero-order chi connectivity index (χ0) is 29.2. The maximum absolute atomic E-state index is 13.1. The van der Waals surface area contributed by atoms with Gasteiger partial charge in [0, 0.05) is 12.1 Å². The van der Waals surface area contributed by atoms with E-state index in [1.165, 1.54) is 0 Å². The average Bonchev–Trinajstić information content (AvgIpc) is 2.83. The Morgan fingerprint density at radius 1 is 0.949 bits per heavy atom. The van der Waals surface area contributed by atoms with Crippen LogP contribution < -0.4 is 21.3 Å². The number of carbonyl (C=O) groups is 4. The molecule has 0 aromatic heterocycles. The van der Waals surface area contributed by atoms with Gasteiger partial charge in [0.15, 0.2) is 0 Å². The number of hydrogen-bond donors (Lipinski definition) is 6. The Labute approximate surface area is 229 Å². The van der Waals surface area contributed by atoms with Gasteiger partial charge in [-0.2, -0.15) is 0 Å². The molecule has 6 N–H and O–H groups in total. The molecule has 0 unspecified atom stereocenters. The van der Waals surface area contributed by atoms with Crippen molar-refractivity contribution in [2.24, 2.45) is 5.92 Å². The van der Waals surface area contributed by atoms with Crippen molar-refractivity contribution in [3.63, 3.8) is 0 Å². The van der Waals surface area contributed by atoms with Gasteiger partial charge in [0.05, 0.1) is 5.94 Å². The van der Waals surface area contributed by atoms with Crippen molar-refractivity contribution in [3.05, 3.63) is 42.5 Å². The summed E-state index contributed by atoms with van der Waals surface area (Å²) in [4.78, 5) is 50.2. The molecule has 2 rings (SSSR count). The molecule has 0 saturated heterocycles. The molecule has 11 nitrogen and oxygen atoms in total. The fourth-order valence-electron chi connectivity index (χ4n) is 3.79. The van der Waals surface area contributed by atoms with Gasteiger partial charge in [-0.05, 0) is 62.4 Å². The van der Waals surface area contributed by atoms with Crippen LogP contribution in [0.4, 0.5) is 10.5 Å². The van der Waals surface area contributed by atoms with E-state index in [2.05, 4.69) is 21.3 Å². The summed E-state index contributed by atoms with van der Waals surface area (Å²) in [5.41, 5.74) is -0.235. The fourth-order valence-corrected chi connectivity index (χ4v) is 3.79. The topological polar surface area (TPSA) is 166 Å². The number of alkyl carbamates (subject to hydrolysis) is 1. The molecule has 2 aromatic carbocycles. The molecule has 39 heavy (non-hydrogen) atoms. The standard InChI is InChI=1S/C27H39BN4O7/c1-17(2)14-22(28(37)38)32-23(33)13-12-21(31-24(34)16-29-26(36)39-27(3,4)5)25(35)30-20-11-10-18-8-6-7-9-19(18)15-20/h6-11,15,17,21-22,37-38H,12-14,16H2,1-5H3,(H,29,36)(H,30,35)(H,31,34)(H,32,33)/t21-,22-/m0/s1. The molecule has 4 amide bonds. The summed E-state index contributed by atoms with van der Waals surface area (Å²) >= 11 is 0. The van der Waals surface area contributed by atoms with E-state index in [0.717, 1.165) is 10.8 Å². The number of rotatable bonds is 12. The van der Waals surface area contributed by atoms with Crippen LogP contribution in [-0.4, -0.2) is 65.1 Å². The van der Waals surface area contributed by atoms with Crippen molar-refractivity contribution in [2.45, 2.75) is 71.5 Å². The van der Waals surface area contributed by atoms with Crippen LogP contribution in [0.3, 0.4) is 0 Å². The highest BCUT2D eigenvalue weighted by Gasteiger charge is 2.28. The van der Waals surface area contributed by atoms with E-state index < -0.39 is 55.1 Å². The third-order valence-electron chi connectivity index (χ3n) is 5.55. The predicted octanol–water partition coefficient (Wildman–Crippen LogP) is 2.11. The Morgan fingerprint density at radius 3 is 2.23 bits per heavy atom. The van der Waals surface area contributed by atoms with Gasteiger partial charge < -0.3 is 36.1 Å². The molecule has 2 aromatic rings.